The number of hydrogen-bond donors (Lipinski definition) is 2. The summed E-state index contributed by atoms with van der Waals surface area (Å²) >= 11 is 0. The standard InChI is InChI=1S/C23H35N3O7/c1-5-33-23(29)26-11-8-17(9-12-26)25-20(27)7-6-10-24-21(28)15-16-13-18(30-2)22(32-4)19(14-16)31-3/h13-14,17H,5-12,15H2,1-4H3,(H,24,28)(H,25,27). The Morgan fingerprint density at radius 2 is 1.64 bits per heavy atom. The SMILES string of the molecule is CCOC(=O)N1CCC(NC(=O)CCCNC(=O)Cc2cc(OC)c(OC)c(OC)c2)CC1. The van der Waals surface area contributed by atoms with Crippen LogP contribution in [0, 0.1) is 0 Å². The Labute approximate surface area is 194 Å². The van der Waals surface area contributed by atoms with E-state index in [-0.39, 0.29) is 30.4 Å². The van der Waals surface area contributed by atoms with Crippen molar-refractivity contribution in [1.29, 1.82) is 0 Å². The lowest BCUT2D eigenvalue weighted by Gasteiger charge is -2.31. The summed E-state index contributed by atoms with van der Waals surface area (Å²) in [7, 11) is 4.57. The van der Waals surface area contributed by atoms with Gasteiger partial charge in [0.2, 0.25) is 17.6 Å². The van der Waals surface area contributed by atoms with E-state index < -0.39 is 0 Å². The molecule has 1 saturated heterocycles. The number of likely N-dealkylation sites (tertiary alicyclic amines) is 1. The maximum Gasteiger partial charge on any atom is 0.409 e. The number of nitrogens with zero attached hydrogens (tertiary/aromatic N) is 1. The third-order valence-corrected chi connectivity index (χ3v) is 5.38. The van der Waals surface area contributed by atoms with Gasteiger partial charge in [-0.15, -0.1) is 0 Å². The number of hydrogen-bond acceptors (Lipinski definition) is 7. The average Bonchev–Trinajstić information content (AvgIpc) is 2.81. The molecule has 0 atom stereocenters. The second kappa shape index (κ2) is 13.4. The van der Waals surface area contributed by atoms with Crippen molar-refractivity contribution in [1.82, 2.24) is 15.5 Å². The molecular weight excluding hydrogens is 430 g/mol. The molecule has 1 aromatic carbocycles. The van der Waals surface area contributed by atoms with Crippen LogP contribution in [0.2, 0.25) is 0 Å². The highest BCUT2D eigenvalue weighted by Crippen LogP contribution is 2.38. The van der Waals surface area contributed by atoms with E-state index in [2.05, 4.69) is 10.6 Å². The summed E-state index contributed by atoms with van der Waals surface area (Å²) in [5.41, 5.74) is 0.730. The molecule has 0 unspecified atom stereocenters. The van der Waals surface area contributed by atoms with Crippen molar-refractivity contribution in [2.45, 2.75) is 45.1 Å². The first-order chi connectivity index (χ1) is 15.9. The van der Waals surface area contributed by atoms with Crippen LogP contribution in [0.3, 0.4) is 0 Å². The first-order valence-corrected chi connectivity index (χ1v) is 11.2. The first-order valence-electron chi connectivity index (χ1n) is 11.2. The highest BCUT2D eigenvalue weighted by molar-refractivity contribution is 5.79. The number of rotatable bonds is 11. The zero-order valence-corrected chi connectivity index (χ0v) is 19.9. The number of carbonyl (C=O) groups is 3. The van der Waals surface area contributed by atoms with Crippen molar-refractivity contribution < 1.29 is 33.3 Å². The smallest absolute Gasteiger partial charge is 0.409 e. The van der Waals surface area contributed by atoms with E-state index in [0.717, 1.165) is 5.56 Å². The summed E-state index contributed by atoms with van der Waals surface area (Å²) in [6, 6.07) is 3.53. The first kappa shape index (κ1) is 26.1. The van der Waals surface area contributed by atoms with Crippen LogP contribution in [-0.4, -0.2) is 76.4 Å². The highest BCUT2D eigenvalue weighted by Gasteiger charge is 2.24. The summed E-state index contributed by atoms with van der Waals surface area (Å²) in [6.45, 7) is 3.68. The molecule has 1 aliphatic heterocycles. The van der Waals surface area contributed by atoms with Crippen molar-refractivity contribution >= 4 is 17.9 Å². The van der Waals surface area contributed by atoms with Gasteiger partial charge in [-0.2, -0.15) is 0 Å². The lowest BCUT2D eigenvalue weighted by atomic mass is 10.1. The van der Waals surface area contributed by atoms with E-state index in [1.54, 1.807) is 24.0 Å². The number of amides is 3. The number of methoxy groups -OCH3 is 3. The molecule has 0 spiro atoms. The minimum Gasteiger partial charge on any atom is -0.493 e. The van der Waals surface area contributed by atoms with Crippen LogP contribution in [0.4, 0.5) is 4.79 Å². The molecule has 0 radical (unpaired) electrons. The summed E-state index contributed by atoms with van der Waals surface area (Å²) in [5, 5.41) is 5.84. The minimum atomic E-state index is -0.301. The molecule has 1 aromatic rings. The van der Waals surface area contributed by atoms with Gasteiger partial charge in [0.25, 0.3) is 0 Å². The molecule has 33 heavy (non-hydrogen) atoms. The average molecular weight is 466 g/mol. The van der Waals surface area contributed by atoms with Gasteiger partial charge < -0.3 is 34.5 Å². The number of benzene rings is 1. The van der Waals surface area contributed by atoms with Crippen LogP contribution in [0.5, 0.6) is 17.2 Å². The van der Waals surface area contributed by atoms with E-state index in [0.29, 0.717) is 69.2 Å². The van der Waals surface area contributed by atoms with E-state index in [1.165, 1.54) is 21.3 Å². The summed E-state index contributed by atoms with van der Waals surface area (Å²) < 4.78 is 20.9. The summed E-state index contributed by atoms with van der Waals surface area (Å²) in [6.07, 6.45) is 2.12. The fourth-order valence-corrected chi connectivity index (χ4v) is 3.68. The Balaban J connectivity index is 1.68. The maximum absolute atomic E-state index is 12.3. The molecule has 0 bridgehead atoms. The van der Waals surface area contributed by atoms with Gasteiger partial charge in [-0.1, -0.05) is 0 Å². The minimum absolute atomic E-state index is 0.0524. The molecule has 0 aliphatic carbocycles. The Morgan fingerprint density at radius 3 is 2.18 bits per heavy atom. The maximum atomic E-state index is 12.3. The van der Waals surface area contributed by atoms with Crippen molar-refractivity contribution in [3.05, 3.63) is 17.7 Å². The molecular formula is C23H35N3O7. The number of piperidine rings is 1. The Hall–Kier alpha value is -3.17. The zero-order chi connectivity index (χ0) is 24.2. The zero-order valence-electron chi connectivity index (χ0n) is 19.9. The summed E-state index contributed by atoms with van der Waals surface area (Å²) in [4.78, 5) is 37.9. The topological polar surface area (TPSA) is 115 Å². The molecule has 10 heteroatoms. The Bertz CT molecular complexity index is 782. The van der Waals surface area contributed by atoms with Crippen molar-refractivity contribution in [3.8, 4) is 17.2 Å². The normalized spacial score (nSPS) is 13.8. The fourth-order valence-electron chi connectivity index (χ4n) is 3.68. The Morgan fingerprint density at radius 1 is 1.00 bits per heavy atom. The molecule has 0 saturated carbocycles. The van der Waals surface area contributed by atoms with Crippen molar-refractivity contribution in [2.75, 3.05) is 47.6 Å². The van der Waals surface area contributed by atoms with E-state index in [9.17, 15) is 14.4 Å². The number of ether oxygens (including phenoxy) is 4. The van der Waals surface area contributed by atoms with Gasteiger partial charge in [0.1, 0.15) is 0 Å². The molecule has 184 valence electrons. The van der Waals surface area contributed by atoms with Gasteiger partial charge in [0.15, 0.2) is 11.5 Å². The van der Waals surface area contributed by atoms with Gasteiger partial charge in [-0.25, -0.2) is 4.79 Å². The van der Waals surface area contributed by atoms with Gasteiger partial charge >= 0.3 is 6.09 Å². The molecule has 1 aliphatic rings. The van der Waals surface area contributed by atoms with Gasteiger partial charge in [0.05, 0.1) is 34.4 Å². The van der Waals surface area contributed by atoms with Crippen molar-refractivity contribution in [3.63, 3.8) is 0 Å². The van der Waals surface area contributed by atoms with Crippen LogP contribution in [-0.2, 0) is 20.7 Å². The number of carbonyl (C=O) groups excluding carboxylic acids is 3. The molecule has 3 amide bonds. The number of nitrogens with one attached hydrogen (secondary N) is 2. The van der Waals surface area contributed by atoms with E-state index in [1.807, 2.05) is 0 Å². The summed E-state index contributed by atoms with van der Waals surface area (Å²) in [5.74, 6) is 1.25. The molecule has 2 N–H and O–H groups in total. The lowest BCUT2D eigenvalue weighted by molar-refractivity contribution is -0.123. The highest BCUT2D eigenvalue weighted by atomic mass is 16.6. The van der Waals surface area contributed by atoms with Crippen LogP contribution < -0.4 is 24.8 Å². The van der Waals surface area contributed by atoms with Crippen LogP contribution in [0.25, 0.3) is 0 Å². The van der Waals surface area contributed by atoms with Gasteiger partial charge in [-0.05, 0) is 43.9 Å². The van der Waals surface area contributed by atoms with Gasteiger partial charge in [-0.3, -0.25) is 9.59 Å². The molecule has 0 aromatic heterocycles. The molecule has 1 heterocycles. The van der Waals surface area contributed by atoms with Crippen LogP contribution in [0.1, 0.15) is 38.2 Å². The predicted molar refractivity (Wildman–Crippen MR) is 122 cm³/mol. The third kappa shape index (κ3) is 8.03. The second-order valence-electron chi connectivity index (χ2n) is 7.69. The second-order valence-corrected chi connectivity index (χ2v) is 7.69. The van der Waals surface area contributed by atoms with Crippen LogP contribution >= 0.6 is 0 Å². The van der Waals surface area contributed by atoms with E-state index >= 15 is 0 Å². The Kier molecular flexibility index (Phi) is 10.6. The molecule has 1 fully saturated rings. The predicted octanol–water partition coefficient (Wildman–Crippen LogP) is 1.89. The third-order valence-electron chi connectivity index (χ3n) is 5.38. The molecule has 10 nitrogen and oxygen atoms in total. The van der Waals surface area contributed by atoms with Crippen molar-refractivity contribution in [2.24, 2.45) is 0 Å². The quantitative estimate of drug-likeness (QED) is 0.480. The fraction of sp³-hybridized carbons (Fsp3) is 0.609. The largest absolute Gasteiger partial charge is 0.493 e. The van der Waals surface area contributed by atoms with Gasteiger partial charge in [0, 0.05) is 32.1 Å². The lowest BCUT2D eigenvalue weighted by Crippen LogP contribution is -2.46. The van der Waals surface area contributed by atoms with E-state index in [4.69, 9.17) is 18.9 Å². The van der Waals surface area contributed by atoms with Crippen LogP contribution in [0.15, 0.2) is 12.1 Å². The monoisotopic (exact) mass is 465 g/mol. The molecule has 2 rings (SSSR count).